The van der Waals surface area contributed by atoms with Gasteiger partial charge in [-0.1, -0.05) is 23.2 Å². The molecular formula is C13H10Cl2N2O3. The third-order valence-electron chi connectivity index (χ3n) is 2.75. The van der Waals surface area contributed by atoms with Crippen LogP contribution in [0.1, 0.15) is 5.56 Å². The molecule has 0 aliphatic heterocycles. The summed E-state index contributed by atoms with van der Waals surface area (Å²) in [4.78, 5) is 10.2. The predicted octanol–water partition coefficient (Wildman–Crippen LogP) is 4.58. The molecule has 20 heavy (non-hydrogen) atoms. The van der Waals surface area contributed by atoms with Gasteiger partial charge in [-0.2, -0.15) is 0 Å². The number of halogens is 2. The van der Waals surface area contributed by atoms with Crippen LogP contribution in [0.5, 0.6) is 11.5 Å². The molecule has 0 saturated heterocycles. The van der Waals surface area contributed by atoms with Gasteiger partial charge in [-0.15, -0.1) is 0 Å². The van der Waals surface area contributed by atoms with Crippen LogP contribution >= 0.6 is 23.2 Å². The Morgan fingerprint density at radius 1 is 1.20 bits per heavy atom. The topological polar surface area (TPSA) is 78.4 Å². The largest absolute Gasteiger partial charge is 0.455 e. The van der Waals surface area contributed by atoms with Crippen molar-refractivity contribution < 1.29 is 9.66 Å². The highest BCUT2D eigenvalue weighted by atomic mass is 35.5. The van der Waals surface area contributed by atoms with Gasteiger partial charge in [0, 0.05) is 22.7 Å². The smallest absolute Gasteiger partial charge is 0.292 e. The number of nitro benzene ring substituents is 1. The molecule has 0 bridgehead atoms. The number of ether oxygens (including phenoxy) is 1. The number of nitrogens with zero attached hydrogens (tertiary/aromatic N) is 1. The fraction of sp³-hybridized carbons (Fsp3) is 0.0769. The molecule has 0 saturated carbocycles. The molecule has 2 aromatic rings. The second-order valence-electron chi connectivity index (χ2n) is 4.06. The quantitative estimate of drug-likeness (QED) is 0.511. The minimum atomic E-state index is -0.543. The van der Waals surface area contributed by atoms with E-state index in [1.807, 2.05) is 0 Å². The third-order valence-corrected chi connectivity index (χ3v) is 3.30. The van der Waals surface area contributed by atoms with Gasteiger partial charge < -0.3 is 10.5 Å². The maximum atomic E-state index is 10.8. The Kier molecular flexibility index (Phi) is 4.01. The first-order chi connectivity index (χ1) is 9.40. The molecule has 0 aliphatic carbocycles. The van der Waals surface area contributed by atoms with Crippen molar-refractivity contribution in [3.8, 4) is 11.5 Å². The Labute approximate surface area is 125 Å². The summed E-state index contributed by atoms with van der Waals surface area (Å²) in [5.74, 6) is 0.743. The Balaban J connectivity index is 2.42. The van der Waals surface area contributed by atoms with E-state index in [0.717, 1.165) is 0 Å². The summed E-state index contributed by atoms with van der Waals surface area (Å²) >= 11 is 11.9. The molecule has 0 fully saturated rings. The Morgan fingerprint density at radius 3 is 2.55 bits per heavy atom. The molecule has 0 radical (unpaired) electrons. The van der Waals surface area contributed by atoms with Crippen LogP contribution in [0.4, 0.5) is 11.4 Å². The van der Waals surface area contributed by atoms with Gasteiger partial charge in [-0.3, -0.25) is 10.1 Å². The molecule has 0 aliphatic rings. The van der Waals surface area contributed by atoms with Crippen molar-refractivity contribution in [1.29, 1.82) is 0 Å². The van der Waals surface area contributed by atoms with Crippen LogP contribution in [0.2, 0.25) is 10.0 Å². The summed E-state index contributed by atoms with van der Waals surface area (Å²) in [5, 5.41) is 11.6. The van der Waals surface area contributed by atoms with Crippen molar-refractivity contribution in [2.24, 2.45) is 0 Å². The molecule has 2 N–H and O–H groups in total. The van der Waals surface area contributed by atoms with Crippen molar-refractivity contribution in [2.45, 2.75) is 6.92 Å². The molecule has 104 valence electrons. The summed E-state index contributed by atoms with van der Waals surface area (Å²) in [6.45, 7) is 1.64. The molecule has 0 atom stereocenters. The SMILES string of the molecule is Cc1c(Oc2cc(Cl)ccc2Cl)ccc([N+](=O)[O-])c1N. The lowest BCUT2D eigenvalue weighted by atomic mass is 10.1. The first kappa shape index (κ1) is 14.4. The normalized spacial score (nSPS) is 10.3. The monoisotopic (exact) mass is 312 g/mol. The van der Waals surface area contributed by atoms with Crippen LogP contribution in [0, 0.1) is 17.0 Å². The van der Waals surface area contributed by atoms with E-state index >= 15 is 0 Å². The molecule has 2 aromatic carbocycles. The van der Waals surface area contributed by atoms with Gasteiger partial charge in [0.05, 0.1) is 9.95 Å². The average Bonchev–Trinajstić information content (AvgIpc) is 2.39. The summed E-state index contributed by atoms with van der Waals surface area (Å²) < 4.78 is 5.62. The summed E-state index contributed by atoms with van der Waals surface area (Å²) in [5.41, 5.74) is 6.09. The van der Waals surface area contributed by atoms with Crippen LogP contribution in [0.15, 0.2) is 30.3 Å². The molecule has 0 unspecified atom stereocenters. The number of rotatable bonds is 3. The zero-order valence-corrected chi connectivity index (χ0v) is 11.9. The first-order valence-corrected chi connectivity index (χ1v) is 6.32. The highest BCUT2D eigenvalue weighted by molar-refractivity contribution is 6.34. The van der Waals surface area contributed by atoms with Gasteiger partial charge in [-0.25, -0.2) is 0 Å². The Hall–Kier alpha value is -1.98. The number of hydrogen-bond acceptors (Lipinski definition) is 4. The standard InChI is InChI=1S/C13H10Cl2N2O3/c1-7-11(5-4-10(13(7)16)17(18)19)20-12-6-8(14)2-3-9(12)15/h2-6H,16H2,1H3. The van der Waals surface area contributed by atoms with Gasteiger partial charge in [0.1, 0.15) is 17.2 Å². The van der Waals surface area contributed by atoms with Gasteiger partial charge in [0.25, 0.3) is 5.69 Å². The number of anilines is 1. The van der Waals surface area contributed by atoms with E-state index < -0.39 is 4.92 Å². The van der Waals surface area contributed by atoms with Gasteiger partial charge >= 0.3 is 0 Å². The molecule has 0 heterocycles. The van der Waals surface area contributed by atoms with E-state index in [1.165, 1.54) is 12.1 Å². The van der Waals surface area contributed by atoms with Gasteiger partial charge in [0.15, 0.2) is 0 Å². The van der Waals surface area contributed by atoms with E-state index in [1.54, 1.807) is 25.1 Å². The van der Waals surface area contributed by atoms with Crippen molar-refractivity contribution in [2.75, 3.05) is 5.73 Å². The third kappa shape index (κ3) is 2.79. The van der Waals surface area contributed by atoms with Gasteiger partial charge in [0.2, 0.25) is 0 Å². The maximum Gasteiger partial charge on any atom is 0.292 e. The number of nitrogens with two attached hydrogens (primary N) is 1. The lowest BCUT2D eigenvalue weighted by Crippen LogP contribution is -2.00. The fourth-order valence-corrected chi connectivity index (χ4v) is 1.96. The van der Waals surface area contributed by atoms with Gasteiger partial charge in [-0.05, 0) is 25.1 Å². The fourth-order valence-electron chi connectivity index (χ4n) is 1.64. The highest BCUT2D eigenvalue weighted by Crippen LogP contribution is 2.37. The van der Waals surface area contributed by atoms with Crippen LogP contribution in [-0.2, 0) is 0 Å². The second-order valence-corrected chi connectivity index (χ2v) is 4.90. The summed E-state index contributed by atoms with van der Waals surface area (Å²) in [6.07, 6.45) is 0. The lowest BCUT2D eigenvalue weighted by molar-refractivity contribution is -0.383. The van der Waals surface area contributed by atoms with Crippen molar-refractivity contribution in [3.63, 3.8) is 0 Å². The average molecular weight is 313 g/mol. The van der Waals surface area contributed by atoms with Crippen LogP contribution < -0.4 is 10.5 Å². The zero-order chi connectivity index (χ0) is 14.9. The van der Waals surface area contributed by atoms with Crippen molar-refractivity contribution in [1.82, 2.24) is 0 Å². The molecule has 0 aromatic heterocycles. The molecule has 2 rings (SSSR count). The molecule has 0 spiro atoms. The summed E-state index contributed by atoms with van der Waals surface area (Å²) in [7, 11) is 0. The van der Waals surface area contributed by atoms with Crippen molar-refractivity contribution >= 4 is 34.6 Å². The molecule has 5 nitrogen and oxygen atoms in total. The minimum absolute atomic E-state index is 0.0608. The zero-order valence-electron chi connectivity index (χ0n) is 10.4. The molecule has 7 heteroatoms. The molecule has 0 amide bonds. The Morgan fingerprint density at radius 2 is 1.90 bits per heavy atom. The van der Waals surface area contributed by atoms with Crippen LogP contribution in [0.25, 0.3) is 0 Å². The summed E-state index contributed by atoms with van der Waals surface area (Å²) in [6, 6.07) is 7.55. The first-order valence-electron chi connectivity index (χ1n) is 5.56. The highest BCUT2D eigenvalue weighted by Gasteiger charge is 2.17. The Bertz CT molecular complexity index is 690. The lowest BCUT2D eigenvalue weighted by Gasteiger charge is -2.12. The number of nitrogen functional groups attached to an aromatic ring is 1. The van der Waals surface area contributed by atoms with E-state index in [0.29, 0.717) is 27.1 Å². The van der Waals surface area contributed by atoms with E-state index in [-0.39, 0.29) is 11.4 Å². The number of nitro groups is 1. The number of hydrogen-bond donors (Lipinski definition) is 1. The minimum Gasteiger partial charge on any atom is -0.455 e. The van der Waals surface area contributed by atoms with E-state index in [9.17, 15) is 10.1 Å². The van der Waals surface area contributed by atoms with Crippen molar-refractivity contribution in [3.05, 3.63) is 56.1 Å². The maximum absolute atomic E-state index is 10.8. The van der Waals surface area contributed by atoms with E-state index in [2.05, 4.69) is 0 Å². The predicted molar refractivity (Wildman–Crippen MR) is 78.8 cm³/mol. The van der Waals surface area contributed by atoms with Crippen LogP contribution in [0.3, 0.4) is 0 Å². The second kappa shape index (κ2) is 5.56. The van der Waals surface area contributed by atoms with E-state index in [4.69, 9.17) is 33.7 Å². The van der Waals surface area contributed by atoms with Crippen LogP contribution in [-0.4, -0.2) is 4.92 Å². The molecular weight excluding hydrogens is 303 g/mol. The number of benzene rings is 2.